The lowest BCUT2D eigenvalue weighted by molar-refractivity contribution is 0.222. The molecule has 0 aromatic rings. The standard InChI is InChI=1S/C14H33N5/c1-17-8-3-6-16-7-12-19(11-5-15)10-4-9-18(2)14-13-17/h16H,3-15H2,1-2H3. The van der Waals surface area contributed by atoms with E-state index in [0.29, 0.717) is 0 Å². The molecule has 1 fully saturated rings. The van der Waals surface area contributed by atoms with Crippen molar-refractivity contribution in [3.05, 3.63) is 0 Å². The van der Waals surface area contributed by atoms with E-state index in [1.165, 1.54) is 45.6 Å². The number of hydrogen-bond donors (Lipinski definition) is 2. The Kier molecular flexibility index (Phi) is 9.38. The van der Waals surface area contributed by atoms with Gasteiger partial charge in [0.25, 0.3) is 0 Å². The molecule has 0 amide bonds. The number of likely N-dealkylation sites (N-methyl/N-ethyl adjacent to an activating group) is 2. The Bertz CT molecular complexity index is 212. The molecular weight excluding hydrogens is 238 g/mol. The van der Waals surface area contributed by atoms with Gasteiger partial charge in [-0.15, -0.1) is 0 Å². The third kappa shape index (κ3) is 8.55. The minimum atomic E-state index is 0.765. The molecule has 0 aromatic carbocycles. The molecular formula is C14H33N5. The summed E-state index contributed by atoms with van der Waals surface area (Å²) in [6.07, 6.45) is 2.47. The number of nitrogens with zero attached hydrogens (tertiary/aromatic N) is 3. The maximum atomic E-state index is 5.69. The van der Waals surface area contributed by atoms with Crippen LogP contribution in [0.2, 0.25) is 0 Å². The number of hydrogen-bond acceptors (Lipinski definition) is 5. The van der Waals surface area contributed by atoms with Crippen molar-refractivity contribution in [3.8, 4) is 0 Å². The van der Waals surface area contributed by atoms with Gasteiger partial charge in [-0.3, -0.25) is 0 Å². The van der Waals surface area contributed by atoms with Crippen LogP contribution in [0.15, 0.2) is 0 Å². The minimum absolute atomic E-state index is 0.765. The summed E-state index contributed by atoms with van der Waals surface area (Å²) >= 11 is 0. The fourth-order valence-corrected chi connectivity index (χ4v) is 2.48. The predicted molar refractivity (Wildman–Crippen MR) is 82.6 cm³/mol. The largest absolute Gasteiger partial charge is 0.329 e. The topological polar surface area (TPSA) is 47.8 Å². The molecule has 1 saturated heterocycles. The maximum Gasteiger partial charge on any atom is 0.0107 e. The number of nitrogens with two attached hydrogens (primary N) is 1. The Morgan fingerprint density at radius 3 is 2.21 bits per heavy atom. The molecule has 1 heterocycles. The first kappa shape index (κ1) is 16.9. The van der Waals surface area contributed by atoms with Crippen molar-refractivity contribution in [2.75, 3.05) is 79.5 Å². The van der Waals surface area contributed by atoms with Crippen molar-refractivity contribution in [3.63, 3.8) is 0 Å². The molecule has 1 aliphatic rings. The van der Waals surface area contributed by atoms with E-state index in [2.05, 4.69) is 34.1 Å². The van der Waals surface area contributed by atoms with Gasteiger partial charge in [-0.05, 0) is 53.1 Å². The third-order valence-electron chi connectivity index (χ3n) is 3.82. The first-order valence-electron chi connectivity index (χ1n) is 7.72. The van der Waals surface area contributed by atoms with Crippen molar-refractivity contribution in [2.24, 2.45) is 5.73 Å². The lowest BCUT2D eigenvalue weighted by atomic mass is 10.3. The number of nitrogens with one attached hydrogen (secondary N) is 1. The van der Waals surface area contributed by atoms with Gasteiger partial charge in [-0.2, -0.15) is 0 Å². The summed E-state index contributed by atoms with van der Waals surface area (Å²) in [4.78, 5) is 7.37. The lowest BCUT2D eigenvalue weighted by Gasteiger charge is -2.26. The molecule has 1 rings (SSSR count). The number of rotatable bonds is 2. The van der Waals surface area contributed by atoms with Crippen LogP contribution in [0.1, 0.15) is 12.8 Å². The zero-order valence-electron chi connectivity index (χ0n) is 12.9. The lowest BCUT2D eigenvalue weighted by Crippen LogP contribution is -2.39. The molecule has 0 radical (unpaired) electrons. The first-order chi connectivity index (χ1) is 9.22. The minimum Gasteiger partial charge on any atom is -0.329 e. The summed E-state index contributed by atoms with van der Waals surface area (Å²) in [6.45, 7) is 11.0. The molecule has 0 spiro atoms. The molecule has 0 atom stereocenters. The molecule has 3 N–H and O–H groups in total. The van der Waals surface area contributed by atoms with Crippen LogP contribution in [0.4, 0.5) is 0 Å². The highest BCUT2D eigenvalue weighted by Gasteiger charge is 2.07. The van der Waals surface area contributed by atoms with E-state index < -0.39 is 0 Å². The van der Waals surface area contributed by atoms with Crippen molar-refractivity contribution in [2.45, 2.75) is 12.8 Å². The van der Waals surface area contributed by atoms with Crippen molar-refractivity contribution in [1.82, 2.24) is 20.0 Å². The second-order valence-corrected chi connectivity index (χ2v) is 5.69. The van der Waals surface area contributed by atoms with E-state index in [1.54, 1.807) is 0 Å². The van der Waals surface area contributed by atoms with E-state index >= 15 is 0 Å². The Balaban J connectivity index is 2.34. The Hall–Kier alpha value is -0.200. The Morgan fingerprint density at radius 2 is 1.53 bits per heavy atom. The normalized spacial score (nSPS) is 24.2. The molecule has 114 valence electrons. The fraction of sp³-hybridized carbons (Fsp3) is 1.00. The average molecular weight is 271 g/mol. The van der Waals surface area contributed by atoms with E-state index in [-0.39, 0.29) is 0 Å². The zero-order valence-corrected chi connectivity index (χ0v) is 12.9. The van der Waals surface area contributed by atoms with E-state index in [4.69, 9.17) is 5.73 Å². The summed E-state index contributed by atoms with van der Waals surface area (Å²) in [6, 6.07) is 0. The molecule has 0 unspecified atom stereocenters. The van der Waals surface area contributed by atoms with E-state index in [9.17, 15) is 0 Å². The van der Waals surface area contributed by atoms with E-state index in [0.717, 1.165) is 32.7 Å². The van der Waals surface area contributed by atoms with Crippen LogP contribution >= 0.6 is 0 Å². The molecule has 0 saturated carbocycles. The second kappa shape index (κ2) is 10.6. The zero-order chi connectivity index (χ0) is 13.9. The van der Waals surface area contributed by atoms with Gasteiger partial charge >= 0.3 is 0 Å². The Labute approximate surface area is 119 Å². The highest BCUT2D eigenvalue weighted by atomic mass is 15.2. The molecule has 0 aromatic heterocycles. The molecule has 0 aliphatic carbocycles. The first-order valence-corrected chi connectivity index (χ1v) is 7.72. The van der Waals surface area contributed by atoms with Gasteiger partial charge in [-0.1, -0.05) is 0 Å². The van der Waals surface area contributed by atoms with Gasteiger partial charge in [0.05, 0.1) is 0 Å². The van der Waals surface area contributed by atoms with Crippen molar-refractivity contribution in [1.29, 1.82) is 0 Å². The SMILES string of the molecule is CN1CCCNCCN(CCN)CCCN(C)CC1. The molecule has 1 aliphatic heterocycles. The van der Waals surface area contributed by atoms with Crippen LogP contribution in [0.5, 0.6) is 0 Å². The van der Waals surface area contributed by atoms with Crippen LogP contribution in [-0.2, 0) is 0 Å². The average Bonchev–Trinajstić information content (AvgIpc) is 2.39. The van der Waals surface area contributed by atoms with Crippen LogP contribution < -0.4 is 11.1 Å². The highest BCUT2D eigenvalue weighted by molar-refractivity contribution is 4.65. The van der Waals surface area contributed by atoms with Crippen LogP contribution in [0.25, 0.3) is 0 Å². The van der Waals surface area contributed by atoms with Gasteiger partial charge < -0.3 is 25.8 Å². The van der Waals surface area contributed by atoms with Gasteiger partial charge in [0.2, 0.25) is 0 Å². The third-order valence-corrected chi connectivity index (χ3v) is 3.82. The van der Waals surface area contributed by atoms with Crippen LogP contribution in [-0.4, -0.2) is 94.2 Å². The molecule has 0 bridgehead atoms. The summed E-state index contributed by atoms with van der Waals surface area (Å²) in [7, 11) is 4.46. The monoisotopic (exact) mass is 271 g/mol. The van der Waals surface area contributed by atoms with Gasteiger partial charge in [0.1, 0.15) is 0 Å². The predicted octanol–water partition coefficient (Wildman–Crippen LogP) is -0.506. The van der Waals surface area contributed by atoms with Gasteiger partial charge in [-0.25, -0.2) is 0 Å². The van der Waals surface area contributed by atoms with Gasteiger partial charge in [0.15, 0.2) is 0 Å². The maximum absolute atomic E-state index is 5.69. The quantitative estimate of drug-likeness (QED) is 0.709. The summed E-state index contributed by atoms with van der Waals surface area (Å²) in [5.41, 5.74) is 5.69. The summed E-state index contributed by atoms with van der Waals surface area (Å²) < 4.78 is 0. The molecule has 19 heavy (non-hydrogen) atoms. The fourth-order valence-electron chi connectivity index (χ4n) is 2.48. The second-order valence-electron chi connectivity index (χ2n) is 5.69. The van der Waals surface area contributed by atoms with Gasteiger partial charge in [0, 0.05) is 39.3 Å². The smallest absolute Gasteiger partial charge is 0.0107 e. The van der Waals surface area contributed by atoms with Crippen LogP contribution in [0, 0.1) is 0 Å². The van der Waals surface area contributed by atoms with Crippen LogP contribution in [0.3, 0.4) is 0 Å². The summed E-state index contributed by atoms with van der Waals surface area (Å²) in [5, 5.41) is 3.54. The highest BCUT2D eigenvalue weighted by Crippen LogP contribution is 1.96. The Morgan fingerprint density at radius 1 is 0.842 bits per heavy atom. The van der Waals surface area contributed by atoms with Crippen molar-refractivity contribution >= 4 is 0 Å². The summed E-state index contributed by atoms with van der Waals surface area (Å²) in [5.74, 6) is 0. The molecule has 5 nitrogen and oxygen atoms in total. The van der Waals surface area contributed by atoms with E-state index in [1.807, 2.05) is 0 Å². The molecule has 5 heteroatoms. The van der Waals surface area contributed by atoms with Crippen molar-refractivity contribution < 1.29 is 0 Å².